The largest absolute Gasteiger partial charge is 0.395 e. The second-order valence-corrected chi connectivity index (χ2v) is 4.91. The quantitative estimate of drug-likeness (QED) is 0.689. The standard InChI is InChI=1S/C15H28N4O/c1-4-7-13-14(16-8-5-2)17-12-18-15(13)19(9-6-3)10-11-20/h12,20H,4-11H2,1-3H3,(H,16,17,18). The zero-order valence-electron chi connectivity index (χ0n) is 13.0. The Hall–Kier alpha value is -1.36. The fourth-order valence-electron chi connectivity index (χ4n) is 2.27. The SMILES string of the molecule is CCCNc1ncnc(N(CCC)CCO)c1CCC. The minimum absolute atomic E-state index is 0.146. The van der Waals surface area contributed by atoms with Crippen LogP contribution in [-0.4, -0.2) is 41.3 Å². The summed E-state index contributed by atoms with van der Waals surface area (Å²) in [6.45, 7) is 9.03. The Bertz CT molecular complexity index is 378. The number of hydrogen-bond donors (Lipinski definition) is 2. The van der Waals surface area contributed by atoms with E-state index in [4.69, 9.17) is 0 Å². The highest BCUT2D eigenvalue weighted by Crippen LogP contribution is 2.25. The van der Waals surface area contributed by atoms with Gasteiger partial charge in [0.15, 0.2) is 0 Å². The fraction of sp³-hybridized carbons (Fsp3) is 0.733. The first-order valence-corrected chi connectivity index (χ1v) is 7.71. The van der Waals surface area contributed by atoms with Crippen molar-refractivity contribution in [2.45, 2.75) is 46.5 Å². The number of nitrogens with zero attached hydrogens (tertiary/aromatic N) is 3. The molecule has 1 heterocycles. The lowest BCUT2D eigenvalue weighted by Gasteiger charge is -2.25. The van der Waals surface area contributed by atoms with Crippen molar-refractivity contribution in [2.24, 2.45) is 0 Å². The highest BCUT2D eigenvalue weighted by molar-refractivity contribution is 5.58. The van der Waals surface area contributed by atoms with Crippen molar-refractivity contribution < 1.29 is 5.11 Å². The summed E-state index contributed by atoms with van der Waals surface area (Å²) in [7, 11) is 0. The van der Waals surface area contributed by atoms with Gasteiger partial charge in [-0.2, -0.15) is 0 Å². The molecule has 0 amide bonds. The van der Waals surface area contributed by atoms with Gasteiger partial charge in [0.05, 0.1) is 6.61 Å². The van der Waals surface area contributed by atoms with Crippen LogP contribution in [0.2, 0.25) is 0 Å². The molecular formula is C15H28N4O. The lowest BCUT2D eigenvalue weighted by Crippen LogP contribution is -2.30. The van der Waals surface area contributed by atoms with E-state index in [0.29, 0.717) is 6.54 Å². The van der Waals surface area contributed by atoms with Crippen LogP contribution >= 0.6 is 0 Å². The maximum atomic E-state index is 9.26. The van der Waals surface area contributed by atoms with E-state index in [9.17, 15) is 5.11 Å². The molecule has 20 heavy (non-hydrogen) atoms. The molecule has 114 valence electrons. The summed E-state index contributed by atoms with van der Waals surface area (Å²) in [5.41, 5.74) is 1.17. The van der Waals surface area contributed by atoms with Crippen LogP contribution < -0.4 is 10.2 Å². The highest BCUT2D eigenvalue weighted by atomic mass is 16.3. The predicted octanol–water partition coefficient (Wildman–Crippen LogP) is 2.46. The van der Waals surface area contributed by atoms with Crippen molar-refractivity contribution in [2.75, 3.05) is 36.5 Å². The van der Waals surface area contributed by atoms with Crippen molar-refractivity contribution >= 4 is 11.6 Å². The highest BCUT2D eigenvalue weighted by Gasteiger charge is 2.15. The Morgan fingerprint density at radius 3 is 2.50 bits per heavy atom. The molecule has 0 saturated heterocycles. The lowest BCUT2D eigenvalue weighted by atomic mass is 10.1. The van der Waals surface area contributed by atoms with E-state index in [2.05, 4.69) is 41.0 Å². The smallest absolute Gasteiger partial charge is 0.137 e. The van der Waals surface area contributed by atoms with Crippen molar-refractivity contribution in [3.63, 3.8) is 0 Å². The van der Waals surface area contributed by atoms with Gasteiger partial charge in [0.1, 0.15) is 18.0 Å². The van der Waals surface area contributed by atoms with Crippen molar-refractivity contribution in [3.8, 4) is 0 Å². The van der Waals surface area contributed by atoms with E-state index in [1.807, 2.05) is 0 Å². The van der Waals surface area contributed by atoms with Gasteiger partial charge in [-0.1, -0.05) is 27.2 Å². The van der Waals surface area contributed by atoms with Gasteiger partial charge in [0.2, 0.25) is 0 Å². The summed E-state index contributed by atoms with van der Waals surface area (Å²) >= 11 is 0. The number of rotatable bonds is 10. The monoisotopic (exact) mass is 280 g/mol. The Kier molecular flexibility index (Phi) is 7.95. The summed E-state index contributed by atoms with van der Waals surface area (Å²) in [5, 5.41) is 12.6. The predicted molar refractivity (Wildman–Crippen MR) is 84.4 cm³/mol. The van der Waals surface area contributed by atoms with Crippen LogP contribution in [-0.2, 0) is 6.42 Å². The van der Waals surface area contributed by atoms with Crippen LogP contribution in [0.1, 0.15) is 45.6 Å². The minimum atomic E-state index is 0.146. The average Bonchev–Trinajstić information content (AvgIpc) is 2.46. The third kappa shape index (κ3) is 4.63. The van der Waals surface area contributed by atoms with E-state index in [1.165, 1.54) is 5.56 Å². The van der Waals surface area contributed by atoms with Crippen LogP contribution in [0.4, 0.5) is 11.6 Å². The molecule has 0 spiro atoms. The van der Waals surface area contributed by atoms with Crippen molar-refractivity contribution in [3.05, 3.63) is 11.9 Å². The van der Waals surface area contributed by atoms with Crippen LogP contribution in [0.15, 0.2) is 6.33 Å². The number of aliphatic hydroxyl groups excluding tert-OH is 1. The molecular weight excluding hydrogens is 252 g/mol. The van der Waals surface area contributed by atoms with Crippen LogP contribution in [0.3, 0.4) is 0 Å². The Balaban J connectivity index is 3.07. The summed E-state index contributed by atoms with van der Waals surface area (Å²) in [4.78, 5) is 11.0. The number of nitrogens with one attached hydrogen (secondary N) is 1. The van der Waals surface area contributed by atoms with E-state index in [-0.39, 0.29) is 6.61 Å². The Morgan fingerprint density at radius 1 is 1.10 bits per heavy atom. The van der Waals surface area contributed by atoms with E-state index >= 15 is 0 Å². The molecule has 0 radical (unpaired) electrons. The lowest BCUT2D eigenvalue weighted by molar-refractivity contribution is 0.301. The second-order valence-electron chi connectivity index (χ2n) is 4.91. The molecule has 5 heteroatoms. The van der Waals surface area contributed by atoms with Gasteiger partial charge >= 0.3 is 0 Å². The third-order valence-electron chi connectivity index (χ3n) is 3.13. The van der Waals surface area contributed by atoms with Crippen LogP contribution in [0.25, 0.3) is 0 Å². The number of anilines is 2. The maximum absolute atomic E-state index is 9.26. The van der Waals surface area contributed by atoms with E-state index < -0.39 is 0 Å². The van der Waals surface area contributed by atoms with Gasteiger partial charge in [-0.3, -0.25) is 0 Å². The average molecular weight is 280 g/mol. The van der Waals surface area contributed by atoms with Crippen molar-refractivity contribution in [1.82, 2.24) is 9.97 Å². The van der Waals surface area contributed by atoms with Gasteiger partial charge in [0.25, 0.3) is 0 Å². The fourth-order valence-corrected chi connectivity index (χ4v) is 2.27. The maximum Gasteiger partial charge on any atom is 0.137 e. The van der Waals surface area contributed by atoms with Gasteiger partial charge in [-0.05, 0) is 19.3 Å². The van der Waals surface area contributed by atoms with Gasteiger partial charge < -0.3 is 15.3 Å². The Labute approximate surface area is 122 Å². The second kappa shape index (κ2) is 9.53. The molecule has 0 bridgehead atoms. The van der Waals surface area contributed by atoms with Crippen LogP contribution in [0.5, 0.6) is 0 Å². The number of aliphatic hydroxyl groups is 1. The first kappa shape index (κ1) is 16.7. The molecule has 0 fully saturated rings. The molecule has 0 saturated carbocycles. The molecule has 0 unspecified atom stereocenters. The normalized spacial score (nSPS) is 10.6. The van der Waals surface area contributed by atoms with E-state index in [0.717, 1.165) is 50.4 Å². The van der Waals surface area contributed by atoms with Gasteiger partial charge in [-0.25, -0.2) is 9.97 Å². The number of aromatic nitrogens is 2. The molecule has 0 aliphatic rings. The molecule has 1 rings (SSSR count). The summed E-state index contributed by atoms with van der Waals surface area (Å²) in [6, 6.07) is 0. The van der Waals surface area contributed by atoms with Gasteiger partial charge in [-0.15, -0.1) is 0 Å². The number of hydrogen-bond acceptors (Lipinski definition) is 5. The van der Waals surface area contributed by atoms with Crippen molar-refractivity contribution in [1.29, 1.82) is 0 Å². The minimum Gasteiger partial charge on any atom is -0.395 e. The summed E-state index contributed by atoms with van der Waals surface area (Å²) < 4.78 is 0. The first-order valence-electron chi connectivity index (χ1n) is 7.71. The van der Waals surface area contributed by atoms with E-state index in [1.54, 1.807) is 6.33 Å². The zero-order valence-corrected chi connectivity index (χ0v) is 13.0. The Morgan fingerprint density at radius 2 is 1.90 bits per heavy atom. The zero-order chi connectivity index (χ0) is 14.8. The third-order valence-corrected chi connectivity index (χ3v) is 3.13. The molecule has 0 aliphatic heterocycles. The van der Waals surface area contributed by atoms with Crippen LogP contribution in [0, 0.1) is 0 Å². The summed E-state index contributed by atoms with van der Waals surface area (Å²) in [6.07, 6.45) is 5.73. The molecule has 0 atom stereocenters. The summed E-state index contributed by atoms with van der Waals surface area (Å²) in [5.74, 6) is 1.91. The van der Waals surface area contributed by atoms with Gasteiger partial charge in [0, 0.05) is 25.2 Å². The molecule has 0 aromatic carbocycles. The topological polar surface area (TPSA) is 61.3 Å². The molecule has 2 N–H and O–H groups in total. The molecule has 0 aliphatic carbocycles. The molecule has 1 aromatic rings. The first-order chi connectivity index (χ1) is 9.78. The molecule has 5 nitrogen and oxygen atoms in total. The molecule has 1 aromatic heterocycles.